The molecule has 0 N–H and O–H groups in total. The summed E-state index contributed by atoms with van der Waals surface area (Å²) in [5, 5.41) is 4.52. The Hall–Kier alpha value is -2.50. The maximum atomic E-state index is 13.3. The van der Waals surface area contributed by atoms with Gasteiger partial charge >= 0.3 is 0 Å². The van der Waals surface area contributed by atoms with Crippen molar-refractivity contribution >= 4 is 10.9 Å². The van der Waals surface area contributed by atoms with E-state index in [0.717, 1.165) is 11.3 Å². The van der Waals surface area contributed by atoms with Crippen molar-refractivity contribution in [1.29, 1.82) is 0 Å². The monoisotopic (exact) mass is 272 g/mol. The molecule has 0 saturated heterocycles. The fourth-order valence-electron chi connectivity index (χ4n) is 2.23. The zero-order chi connectivity index (χ0) is 14.3. The Balaban J connectivity index is 2.11. The maximum Gasteiger partial charge on any atom is 0.261 e. The predicted octanol–water partition coefficient (Wildman–Crippen LogP) is 1.63. The third-order valence-corrected chi connectivity index (χ3v) is 3.24. The van der Waals surface area contributed by atoms with Gasteiger partial charge in [-0.1, -0.05) is 0 Å². The molecule has 5 nitrogen and oxygen atoms in total. The van der Waals surface area contributed by atoms with E-state index in [1.165, 1.54) is 29.1 Å². The van der Waals surface area contributed by atoms with Crippen LogP contribution < -0.4 is 5.56 Å². The Kier molecular flexibility index (Phi) is 2.85. The number of benzene rings is 1. The summed E-state index contributed by atoms with van der Waals surface area (Å²) < 4.78 is 16.4. The van der Waals surface area contributed by atoms with Crippen LogP contribution in [0.4, 0.5) is 4.39 Å². The molecule has 6 heteroatoms. The minimum Gasteiger partial charge on any atom is -0.294 e. The molecule has 3 aromatic rings. The zero-order valence-corrected chi connectivity index (χ0v) is 11.2. The summed E-state index contributed by atoms with van der Waals surface area (Å²) >= 11 is 0. The summed E-state index contributed by atoms with van der Waals surface area (Å²) in [4.78, 5) is 16.5. The van der Waals surface area contributed by atoms with Crippen molar-refractivity contribution in [2.24, 2.45) is 7.05 Å². The van der Waals surface area contributed by atoms with Gasteiger partial charge in [-0.05, 0) is 25.1 Å². The van der Waals surface area contributed by atoms with Crippen LogP contribution in [0.25, 0.3) is 10.9 Å². The highest BCUT2D eigenvalue weighted by Gasteiger charge is 2.08. The molecule has 0 atom stereocenters. The number of rotatable bonds is 2. The molecule has 0 bridgehead atoms. The number of nitrogens with zero attached hydrogens (tertiary/aromatic N) is 4. The lowest BCUT2D eigenvalue weighted by molar-refractivity contribution is 0.629. The molecule has 1 aromatic carbocycles. The summed E-state index contributed by atoms with van der Waals surface area (Å²) in [6.07, 6.45) is 3.34. The zero-order valence-electron chi connectivity index (χ0n) is 11.2. The highest BCUT2D eigenvalue weighted by Crippen LogP contribution is 2.10. The van der Waals surface area contributed by atoms with E-state index in [9.17, 15) is 9.18 Å². The van der Waals surface area contributed by atoms with E-state index in [1.54, 1.807) is 4.68 Å². The summed E-state index contributed by atoms with van der Waals surface area (Å²) in [6.45, 7) is 2.26. The quantitative estimate of drug-likeness (QED) is 0.712. The summed E-state index contributed by atoms with van der Waals surface area (Å²) in [7, 11) is 1.83. The third kappa shape index (κ3) is 2.09. The molecule has 20 heavy (non-hydrogen) atoms. The molecule has 0 radical (unpaired) electrons. The van der Waals surface area contributed by atoms with Gasteiger partial charge in [-0.25, -0.2) is 9.37 Å². The number of aromatic nitrogens is 4. The lowest BCUT2D eigenvalue weighted by Crippen LogP contribution is -2.21. The lowest BCUT2D eigenvalue weighted by Gasteiger charge is -2.05. The Morgan fingerprint density at radius 1 is 1.35 bits per heavy atom. The van der Waals surface area contributed by atoms with Crippen molar-refractivity contribution in [2.75, 3.05) is 0 Å². The van der Waals surface area contributed by atoms with Gasteiger partial charge in [0, 0.05) is 18.8 Å². The molecule has 0 aliphatic heterocycles. The molecule has 0 fully saturated rings. The van der Waals surface area contributed by atoms with E-state index in [-0.39, 0.29) is 10.9 Å². The van der Waals surface area contributed by atoms with Crippen molar-refractivity contribution in [2.45, 2.75) is 13.5 Å². The fourth-order valence-corrected chi connectivity index (χ4v) is 2.23. The first kappa shape index (κ1) is 12.5. The lowest BCUT2D eigenvalue weighted by atomic mass is 10.2. The molecule has 0 unspecified atom stereocenters. The van der Waals surface area contributed by atoms with Gasteiger partial charge in [0.1, 0.15) is 5.82 Å². The minimum absolute atomic E-state index is 0.252. The second-order valence-corrected chi connectivity index (χ2v) is 4.75. The smallest absolute Gasteiger partial charge is 0.261 e. The van der Waals surface area contributed by atoms with E-state index in [2.05, 4.69) is 10.1 Å². The van der Waals surface area contributed by atoms with Gasteiger partial charge in [0.25, 0.3) is 5.56 Å². The van der Waals surface area contributed by atoms with Crippen molar-refractivity contribution in [3.05, 3.63) is 58.2 Å². The van der Waals surface area contributed by atoms with Crippen molar-refractivity contribution in [3.8, 4) is 0 Å². The van der Waals surface area contributed by atoms with Crippen molar-refractivity contribution < 1.29 is 4.39 Å². The van der Waals surface area contributed by atoms with Crippen molar-refractivity contribution in [3.63, 3.8) is 0 Å². The molecular weight excluding hydrogens is 259 g/mol. The Labute approximate surface area is 114 Å². The van der Waals surface area contributed by atoms with Crippen molar-refractivity contribution in [1.82, 2.24) is 19.3 Å². The van der Waals surface area contributed by atoms with Crippen LogP contribution in [-0.4, -0.2) is 19.3 Å². The summed E-state index contributed by atoms with van der Waals surface area (Å²) in [5.74, 6) is -0.438. The van der Waals surface area contributed by atoms with Crippen LogP contribution in [0, 0.1) is 12.7 Å². The van der Waals surface area contributed by atoms with Crippen LogP contribution in [0.1, 0.15) is 11.3 Å². The SMILES string of the molecule is Cc1nn(C)cc1Cn1cnc2ccc(F)cc2c1=O. The van der Waals surface area contributed by atoms with Gasteiger partial charge in [-0.15, -0.1) is 0 Å². The Bertz CT molecular complexity index is 850. The normalized spacial score (nSPS) is 11.2. The number of hydrogen-bond acceptors (Lipinski definition) is 3. The average Bonchev–Trinajstić information content (AvgIpc) is 2.72. The second-order valence-electron chi connectivity index (χ2n) is 4.75. The van der Waals surface area contributed by atoms with Crippen LogP contribution in [0.3, 0.4) is 0 Å². The van der Waals surface area contributed by atoms with E-state index in [1.807, 2.05) is 20.2 Å². The van der Waals surface area contributed by atoms with Gasteiger partial charge in [0.05, 0.1) is 29.5 Å². The van der Waals surface area contributed by atoms with Gasteiger partial charge < -0.3 is 0 Å². The number of fused-ring (bicyclic) bond motifs is 1. The molecule has 0 aliphatic carbocycles. The summed E-state index contributed by atoms with van der Waals surface area (Å²) in [5.41, 5.74) is 2.04. The molecule has 0 saturated carbocycles. The second kappa shape index (κ2) is 4.56. The first-order chi connectivity index (χ1) is 9.54. The first-order valence-corrected chi connectivity index (χ1v) is 6.18. The van der Waals surface area contributed by atoms with E-state index >= 15 is 0 Å². The van der Waals surface area contributed by atoms with Gasteiger partial charge in [0.15, 0.2) is 0 Å². The minimum atomic E-state index is -0.438. The molecule has 102 valence electrons. The van der Waals surface area contributed by atoms with E-state index in [0.29, 0.717) is 12.1 Å². The first-order valence-electron chi connectivity index (χ1n) is 6.18. The van der Waals surface area contributed by atoms with Crippen LogP contribution in [-0.2, 0) is 13.6 Å². The molecule has 2 aromatic heterocycles. The third-order valence-electron chi connectivity index (χ3n) is 3.24. The van der Waals surface area contributed by atoms with Gasteiger partial charge in [-0.3, -0.25) is 14.0 Å². The van der Waals surface area contributed by atoms with Gasteiger partial charge in [-0.2, -0.15) is 5.10 Å². The standard InChI is InChI=1S/C14H13FN4O/c1-9-10(6-18(2)17-9)7-19-8-16-13-4-3-11(15)5-12(13)14(19)20/h3-6,8H,7H2,1-2H3. The molecular formula is C14H13FN4O. The number of halogens is 1. The summed E-state index contributed by atoms with van der Waals surface area (Å²) in [6, 6.07) is 4.02. The van der Waals surface area contributed by atoms with E-state index < -0.39 is 5.82 Å². The molecule has 0 amide bonds. The van der Waals surface area contributed by atoms with Crippen LogP contribution >= 0.6 is 0 Å². The molecule has 2 heterocycles. The predicted molar refractivity (Wildman–Crippen MR) is 73.0 cm³/mol. The van der Waals surface area contributed by atoms with Crippen LogP contribution in [0.5, 0.6) is 0 Å². The number of hydrogen-bond donors (Lipinski definition) is 0. The highest BCUT2D eigenvalue weighted by atomic mass is 19.1. The Morgan fingerprint density at radius 2 is 2.15 bits per heavy atom. The van der Waals surface area contributed by atoms with Crippen LogP contribution in [0.2, 0.25) is 0 Å². The molecule has 0 aliphatic rings. The maximum absolute atomic E-state index is 13.3. The highest BCUT2D eigenvalue weighted by molar-refractivity contribution is 5.77. The van der Waals surface area contributed by atoms with E-state index in [4.69, 9.17) is 0 Å². The number of aryl methyl sites for hydroxylation is 2. The van der Waals surface area contributed by atoms with Gasteiger partial charge in [0.2, 0.25) is 0 Å². The fraction of sp³-hybridized carbons (Fsp3) is 0.214. The average molecular weight is 272 g/mol. The van der Waals surface area contributed by atoms with Crippen LogP contribution in [0.15, 0.2) is 35.5 Å². The Morgan fingerprint density at radius 3 is 2.85 bits per heavy atom. The largest absolute Gasteiger partial charge is 0.294 e. The molecule has 0 spiro atoms. The topological polar surface area (TPSA) is 52.7 Å². The molecule has 3 rings (SSSR count).